The Kier molecular flexibility index (Phi) is 7.42. The van der Waals surface area contributed by atoms with Gasteiger partial charge in [-0.2, -0.15) is 0 Å². The smallest absolute Gasteiger partial charge is 0.227 e. The topological polar surface area (TPSA) is 55.1 Å². The molecule has 9 aromatic carbocycles. The van der Waals surface area contributed by atoms with Crippen LogP contribution in [-0.4, -0.2) is 15.0 Å². The molecule has 0 bridgehead atoms. The minimum atomic E-state index is 0.602. The largest absolute Gasteiger partial charge is 0.436 e. The number of oxazole rings is 1. The summed E-state index contributed by atoms with van der Waals surface area (Å²) in [7, 11) is 0. The fourth-order valence-electron chi connectivity index (χ4n) is 7.81. The molecule has 2 aromatic heterocycles. The van der Waals surface area contributed by atoms with E-state index < -0.39 is 0 Å². The van der Waals surface area contributed by atoms with Crippen molar-refractivity contribution in [3.05, 3.63) is 194 Å². The molecule has 0 amide bonds. The number of para-hydroxylation sites is 3. The van der Waals surface area contributed by atoms with E-state index in [-0.39, 0.29) is 0 Å². The number of hydrogen-bond donors (Lipinski definition) is 0. The van der Waals surface area contributed by atoms with E-state index in [1.165, 1.54) is 43.4 Å². The van der Waals surface area contributed by atoms with E-state index >= 15 is 0 Å². The number of rotatable bonds is 6. The molecule has 5 nitrogen and oxygen atoms in total. The lowest BCUT2D eigenvalue weighted by Gasteiger charge is -2.26. The summed E-state index contributed by atoms with van der Waals surface area (Å²) in [6, 6.07) is 66.0. The molecule has 2 heterocycles. The van der Waals surface area contributed by atoms with Gasteiger partial charge in [-0.15, -0.1) is 0 Å². The van der Waals surface area contributed by atoms with Crippen LogP contribution in [0.25, 0.3) is 88.3 Å². The zero-order chi connectivity index (χ0) is 37.0. The lowest BCUT2D eigenvalue weighted by atomic mass is 9.96. The fraction of sp³-hybridized carbons (Fsp3) is 0. The molecule has 11 rings (SSSR count). The third-order valence-corrected chi connectivity index (χ3v) is 10.7. The molecule has 0 spiro atoms. The SMILES string of the molecule is c1ccc2cc(-c3ccc4c(ccc5cc(N(c6ccc(-c7ncc8ccccc8n7)cc6)c6ccc(-c7nc8ccccc8o7)cc6)ccc54)c3)ccc2c1. The first-order valence-corrected chi connectivity index (χ1v) is 18.7. The highest BCUT2D eigenvalue weighted by atomic mass is 16.3. The molecule has 5 heteroatoms. The van der Waals surface area contributed by atoms with Gasteiger partial charge in [-0.1, -0.05) is 97.1 Å². The summed E-state index contributed by atoms with van der Waals surface area (Å²) >= 11 is 0. The van der Waals surface area contributed by atoms with Gasteiger partial charge in [0.25, 0.3) is 0 Å². The second-order valence-corrected chi connectivity index (χ2v) is 14.1. The summed E-state index contributed by atoms with van der Waals surface area (Å²) in [5, 5.41) is 8.35. The van der Waals surface area contributed by atoms with E-state index in [0.717, 1.165) is 50.2 Å². The summed E-state index contributed by atoms with van der Waals surface area (Å²) in [5.41, 5.74) is 9.94. The summed E-state index contributed by atoms with van der Waals surface area (Å²) in [6.07, 6.45) is 1.89. The highest BCUT2D eigenvalue weighted by Gasteiger charge is 2.16. The molecular formula is C51H32N4O. The normalized spacial score (nSPS) is 11.6. The van der Waals surface area contributed by atoms with Crippen LogP contribution in [0.5, 0.6) is 0 Å². The molecule has 56 heavy (non-hydrogen) atoms. The maximum Gasteiger partial charge on any atom is 0.227 e. The van der Waals surface area contributed by atoms with Gasteiger partial charge < -0.3 is 9.32 Å². The van der Waals surface area contributed by atoms with E-state index in [9.17, 15) is 0 Å². The van der Waals surface area contributed by atoms with Crippen molar-refractivity contribution >= 4 is 71.4 Å². The number of nitrogens with zero attached hydrogens (tertiary/aromatic N) is 4. The van der Waals surface area contributed by atoms with Crippen LogP contribution in [0.1, 0.15) is 0 Å². The molecule has 0 radical (unpaired) electrons. The van der Waals surface area contributed by atoms with Crippen molar-refractivity contribution in [3.63, 3.8) is 0 Å². The molecule has 0 saturated heterocycles. The minimum Gasteiger partial charge on any atom is -0.436 e. The number of hydrogen-bond acceptors (Lipinski definition) is 5. The van der Waals surface area contributed by atoms with Crippen LogP contribution in [0.2, 0.25) is 0 Å². The Morgan fingerprint density at radius 1 is 0.375 bits per heavy atom. The molecule has 11 aromatic rings. The molecule has 0 aliphatic heterocycles. The van der Waals surface area contributed by atoms with E-state index in [1.807, 2.05) is 54.7 Å². The van der Waals surface area contributed by atoms with Gasteiger partial charge >= 0.3 is 0 Å². The summed E-state index contributed by atoms with van der Waals surface area (Å²) in [6.45, 7) is 0. The second kappa shape index (κ2) is 13.0. The summed E-state index contributed by atoms with van der Waals surface area (Å²) in [4.78, 5) is 16.5. The quantitative estimate of drug-likeness (QED) is 0.160. The number of aromatic nitrogens is 3. The predicted octanol–water partition coefficient (Wildman–Crippen LogP) is 13.7. The van der Waals surface area contributed by atoms with Crippen molar-refractivity contribution in [1.29, 1.82) is 0 Å². The predicted molar refractivity (Wildman–Crippen MR) is 231 cm³/mol. The molecule has 0 N–H and O–H groups in total. The average molecular weight is 717 g/mol. The van der Waals surface area contributed by atoms with Crippen molar-refractivity contribution < 1.29 is 4.42 Å². The zero-order valence-electron chi connectivity index (χ0n) is 30.2. The third-order valence-electron chi connectivity index (χ3n) is 10.7. The monoisotopic (exact) mass is 716 g/mol. The van der Waals surface area contributed by atoms with Gasteiger partial charge in [-0.25, -0.2) is 15.0 Å². The molecular weight excluding hydrogens is 685 g/mol. The van der Waals surface area contributed by atoms with Crippen molar-refractivity contribution in [2.24, 2.45) is 0 Å². The van der Waals surface area contributed by atoms with Gasteiger partial charge in [0.2, 0.25) is 5.89 Å². The first kappa shape index (κ1) is 31.9. The third kappa shape index (κ3) is 5.62. The maximum atomic E-state index is 6.10. The van der Waals surface area contributed by atoms with E-state index in [4.69, 9.17) is 14.4 Å². The Balaban J connectivity index is 0.983. The Bertz CT molecular complexity index is 3230. The van der Waals surface area contributed by atoms with Crippen LogP contribution in [0, 0.1) is 0 Å². The van der Waals surface area contributed by atoms with Gasteiger partial charge in [0.05, 0.1) is 5.52 Å². The highest BCUT2D eigenvalue weighted by Crippen LogP contribution is 2.40. The van der Waals surface area contributed by atoms with Gasteiger partial charge in [0.15, 0.2) is 11.4 Å². The maximum absolute atomic E-state index is 6.10. The van der Waals surface area contributed by atoms with Crippen LogP contribution in [-0.2, 0) is 0 Å². The number of anilines is 3. The molecule has 262 valence electrons. The van der Waals surface area contributed by atoms with Crippen LogP contribution in [0.15, 0.2) is 199 Å². The number of fused-ring (bicyclic) bond motifs is 6. The van der Waals surface area contributed by atoms with Crippen molar-refractivity contribution in [3.8, 4) is 34.0 Å². The molecule has 0 unspecified atom stereocenters. The summed E-state index contributed by atoms with van der Waals surface area (Å²) in [5.74, 6) is 1.30. The van der Waals surface area contributed by atoms with E-state index in [2.05, 4.69) is 149 Å². The van der Waals surface area contributed by atoms with Crippen LogP contribution in [0.4, 0.5) is 17.1 Å². The van der Waals surface area contributed by atoms with Crippen molar-refractivity contribution in [1.82, 2.24) is 15.0 Å². The first-order chi connectivity index (χ1) is 27.7. The Morgan fingerprint density at radius 3 is 1.70 bits per heavy atom. The fourth-order valence-corrected chi connectivity index (χ4v) is 7.81. The van der Waals surface area contributed by atoms with Gasteiger partial charge in [0, 0.05) is 39.8 Å². The molecule has 0 aliphatic rings. The molecule has 0 saturated carbocycles. The average Bonchev–Trinajstić information content (AvgIpc) is 3.71. The van der Waals surface area contributed by atoms with E-state index in [0.29, 0.717) is 11.7 Å². The van der Waals surface area contributed by atoms with Crippen molar-refractivity contribution in [2.45, 2.75) is 0 Å². The molecule has 0 atom stereocenters. The summed E-state index contributed by atoms with van der Waals surface area (Å²) < 4.78 is 6.10. The Hall–Kier alpha value is -7.63. The van der Waals surface area contributed by atoms with E-state index in [1.54, 1.807) is 0 Å². The molecule has 0 fully saturated rings. The van der Waals surface area contributed by atoms with Gasteiger partial charge in [0.1, 0.15) is 5.52 Å². The lowest BCUT2D eigenvalue weighted by Crippen LogP contribution is -2.10. The Labute approximate surface area is 322 Å². The van der Waals surface area contributed by atoms with Crippen molar-refractivity contribution in [2.75, 3.05) is 4.90 Å². The lowest BCUT2D eigenvalue weighted by molar-refractivity contribution is 0.620. The van der Waals surface area contributed by atoms with Crippen LogP contribution in [0.3, 0.4) is 0 Å². The zero-order valence-corrected chi connectivity index (χ0v) is 30.2. The minimum absolute atomic E-state index is 0.602. The van der Waals surface area contributed by atoms with Gasteiger partial charge in [-0.3, -0.25) is 0 Å². The van der Waals surface area contributed by atoms with Crippen LogP contribution >= 0.6 is 0 Å². The van der Waals surface area contributed by atoms with Gasteiger partial charge in [-0.05, 0) is 134 Å². The molecule has 0 aliphatic carbocycles. The second-order valence-electron chi connectivity index (χ2n) is 14.1. The van der Waals surface area contributed by atoms with Crippen LogP contribution < -0.4 is 4.90 Å². The standard InChI is InChI=1S/C51H32N4O/c1-2-8-36-29-37(14-13-33(36)7-1)38-21-27-45-39(30-38)15-16-40-31-44(26-28-46(40)45)55(43-24-19-35(20-25-43)51-54-48-11-5-6-12-49(48)56-51)42-22-17-34(18-23-42)50-52-32-41-9-3-4-10-47(41)53-50/h1-32H. The highest BCUT2D eigenvalue weighted by molar-refractivity contribution is 6.09. The first-order valence-electron chi connectivity index (χ1n) is 18.7. The Morgan fingerprint density at radius 2 is 0.929 bits per heavy atom. The number of benzene rings is 9.